The highest BCUT2D eigenvalue weighted by Gasteiger charge is 2.36. The number of alkyl halides is 3. The maximum absolute atomic E-state index is 13.9. The molecule has 1 heterocycles. The number of halogens is 3. The van der Waals surface area contributed by atoms with Crippen LogP contribution >= 0.6 is 0 Å². The van der Waals surface area contributed by atoms with Gasteiger partial charge in [0.25, 0.3) is 6.71 Å². The van der Waals surface area contributed by atoms with Gasteiger partial charge in [0.2, 0.25) is 0 Å². The lowest BCUT2D eigenvalue weighted by molar-refractivity contribution is -0.136. The highest BCUT2D eigenvalue weighted by Crippen LogP contribution is 2.42. The van der Waals surface area contributed by atoms with Crippen LogP contribution in [0.1, 0.15) is 5.56 Å². The van der Waals surface area contributed by atoms with Crippen molar-refractivity contribution in [3.63, 3.8) is 0 Å². The maximum Gasteiger partial charge on any atom is 0.417 e. The number of rotatable bonds is 1. The summed E-state index contributed by atoms with van der Waals surface area (Å²) in [4.78, 5) is 0. The zero-order valence-corrected chi connectivity index (χ0v) is 17.9. The summed E-state index contributed by atoms with van der Waals surface area (Å²) in [6.45, 7) is -0.0900. The summed E-state index contributed by atoms with van der Waals surface area (Å²) < 4.78 is 47.9. The van der Waals surface area contributed by atoms with Crippen LogP contribution in [0.5, 0.6) is 11.5 Å². The molecule has 1 nitrogen and oxygen atoms in total. The molecule has 0 spiro atoms. The van der Waals surface area contributed by atoms with Gasteiger partial charge < -0.3 is 4.74 Å². The molecule has 0 fully saturated rings. The predicted octanol–water partition coefficient (Wildman–Crippen LogP) is 6.22. The van der Waals surface area contributed by atoms with E-state index in [0.717, 1.165) is 49.4 Å². The van der Waals surface area contributed by atoms with Crippen molar-refractivity contribution in [1.82, 2.24) is 0 Å². The zero-order valence-electron chi connectivity index (χ0n) is 17.9. The SMILES string of the molecule is FC(F)(F)c1ccc2ccc3c4c(cc5ccc1c2c53)Oc1ccccc1B4c1ccccc1. The van der Waals surface area contributed by atoms with Crippen molar-refractivity contribution in [2.45, 2.75) is 6.18 Å². The van der Waals surface area contributed by atoms with Gasteiger partial charge in [-0.2, -0.15) is 13.2 Å². The summed E-state index contributed by atoms with van der Waals surface area (Å²) in [6, 6.07) is 30.2. The van der Waals surface area contributed by atoms with Crippen molar-refractivity contribution in [2.75, 3.05) is 0 Å². The van der Waals surface area contributed by atoms with Crippen molar-refractivity contribution < 1.29 is 17.9 Å². The van der Waals surface area contributed by atoms with E-state index in [-0.39, 0.29) is 12.1 Å². The molecule has 0 amide bonds. The summed E-state index contributed by atoms with van der Waals surface area (Å²) in [5, 5.41) is 4.33. The average molecular weight is 448 g/mol. The molecule has 34 heavy (non-hydrogen) atoms. The topological polar surface area (TPSA) is 9.23 Å². The van der Waals surface area contributed by atoms with Crippen LogP contribution in [-0.4, -0.2) is 6.71 Å². The largest absolute Gasteiger partial charge is 0.458 e. The van der Waals surface area contributed by atoms with E-state index in [9.17, 15) is 13.2 Å². The van der Waals surface area contributed by atoms with Gasteiger partial charge in [-0.1, -0.05) is 84.3 Å². The summed E-state index contributed by atoms with van der Waals surface area (Å²) in [5.41, 5.74) is 2.55. The lowest BCUT2D eigenvalue weighted by Crippen LogP contribution is -2.55. The second-order valence-electron chi connectivity index (χ2n) is 8.81. The van der Waals surface area contributed by atoms with Crippen molar-refractivity contribution in [3.05, 3.63) is 103 Å². The van der Waals surface area contributed by atoms with Crippen LogP contribution in [0.3, 0.4) is 0 Å². The minimum Gasteiger partial charge on any atom is -0.458 e. The number of fused-ring (bicyclic) bond motifs is 3. The van der Waals surface area contributed by atoms with Crippen LogP contribution in [0.2, 0.25) is 0 Å². The number of hydrogen-bond donors (Lipinski definition) is 0. The van der Waals surface area contributed by atoms with Gasteiger partial charge in [-0.15, -0.1) is 0 Å². The number of benzene rings is 6. The Hall–Kier alpha value is -3.99. The molecule has 6 aromatic rings. The second kappa shape index (κ2) is 6.77. The normalized spacial score (nSPS) is 13.3. The summed E-state index contributed by atoms with van der Waals surface area (Å²) >= 11 is 0. The third-order valence-corrected chi connectivity index (χ3v) is 6.96. The average Bonchev–Trinajstić information content (AvgIpc) is 2.85. The summed E-state index contributed by atoms with van der Waals surface area (Å²) in [6.07, 6.45) is -4.42. The second-order valence-corrected chi connectivity index (χ2v) is 8.81. The molecule has 0 saturated heterocycles. The van der Waals surface area contributed by atoms with Gasteiger partial charge in [0.15, 0.2) is 0 Å². The standard InChI is InChI=1S/C29H16BF3O/c31-29(32,33)22-15-12-17-10-14-21-27-18(11-13-20(22)26(17)27)16-25-28(21)30(19-6-2-1-3-7-19)23-8-4-5-9-24(23)34-25/h1-16H. The highest BCUT2D eigenvalue weighted by atomic mass is 19.4. The first-order chi connectivity index (χ1) is 16.5. The van der Waals surface area contributed by atoms with Crippen molar-refractivity contribution >= 4 is 55.4 Å². The highest BCUT2D eigenvalue weighted by molar-refractivity contribution is 6.98. The van der Waals surface area contributed by atoms with E-state index in [2.05, 4.69) is 18.2 Å². The fraction of sp³-hybridized carbons (Fsp3) is 0.0345. The van der Waals surface area contributed by atoms with E-state index in [1.54, 1.807) is 18.2 Å². The Morgan fingerprint density at radius 1 is 0.618 bits per heavy atom. The number of para-hydroxylation sites is 1. The Labute approximate surface area is 193 Å². The van der Waals surface area contributed by atoms with E-state index in [4.69, 9.17) is 4.74 Å². The third-order valence-electron chi connectivity index (χ3n) is 6.96. The Balaban J connectivity index is 1.64. The fourth-order valence-corrected chi connectivity index (χ4v) is 5.58. The van der Waals surface area contributed by atoms with Crippen LogP contribution < -0.4 is 21.1 Å². The molecule has 0 atom stereocenters. The quantitative estimate of drug-likeness (QED) is 0.214. The van der Waals surface area contributed by atoms with Gasteiger partial charge in [-0.05, 0) is 61.4 Å². The number of hydrogen-bond acceptors (Lipinski definition) is 1. The van der Waals surface area contributed by atoms with E-state index < -0.39 is 11.7 Å². The Morgan fingerprint density at radius 3 is 2.12 bits per heavy atom. The van der Waals surface area contributed by atoms with Crippen molar-refractivity contribution in [1.29, 1.82) is 0 Å². The van der Waals surface area contributed by atoms with Gasteiger partial charge in [0.05, 0.1) is 5.56 Å². The van der Waals surface area contributed by atoms with Crippen molar-refractivity contribution in [2.24, 2.45) is 0 Å². The van der Waals surface area contributed by atoms with Gasteiger partial charge in [0.1, 0.15) is 11.5 Å². The minimum absolute atomic E-state index is 0.0900. The minimum atomic E-state index is -4.42. The van der Waals surface area contributed by atoms with E-state index in [1.165, 1.54) is 6.07 Å². The molecular formula is C29H16BF3O. The van der Waals surface area contributed by atoms with Crippen molar-refractivity contribution in [3.8, 4) is 11.5 Å². The molecule has 162 valence electrons. The maximum atomic E-state index is 13.9. The molecule has 0 N–H and O–H groups in total. The van der Waals surface area contributed by atoms with Gasteiger partial charge in [0, 0.05) is 0 Å². The molecule has 5 heteroatoms. The van der Waals surface area contributed by atoms with Crippen LogP contribution in [0.15, 0.2) is 97.1 Å². The first-order valence-corrected chi connectivity index (χ1v) is 11.1. The zero-order chi connectivity index (χ0) is 23.0. The van der Waals surface area contributed by atoms with Gasteiger partial charge >= 0.3 is 6.18 Å². The van der Waals surface area contributed by atoms with E-state index >= 15 is 0 Å². The molecule has 7 rings (SSSR count). The van der Waals surface area contributed by atoms with Gasteiger partial charge in [-0.25, -0.2) is 0 Å². The smallest absolute Gasteiger partial charge is 0.417 e. The fourth-order valence-electron chi connectivity index (χ4n) is 5.58. The van der Waals surface area contributed by atoms with Crippen LogP contribution in [-0.2, 0) is 6.18 Å². The van der Waals surface area contributed by atoms with E-state index in [1.807, 2.05) is 54.6 Å². The molecular weight excluding hydrogens is 432 g/mol. The first kappa shape index (κ1) is 19.5. The first-order valence-electron chi connectivity index (χ1n) is 11.1. The molecule has 0 unspecified atom stereocenters. The molecule has 0 bridgehead atoms. The van der Waals surface area contributed by atoms with Gasteiger partial charge in [-0.3, -0.25) is 0 Å². The lowest BCUT2D eigenvalue weighted by atomic mass is 9.35. The summed E-state index contributed by atoms with van der Waals surface area (Å²) in [7, 11) is 0. The predicted molar refractivity (Wildman–Crippen MR) is 133 cm³/mol. The molecule has 1 aliphatic rings. The molecule has 0 aromatic heterocycles. The number of ether oxygens (including phenoxy) is 1. The molecule has 0 radical (unpaired) electrons. The molecule has 0 saturated carbocycles. The monoisotopic (exact) mass is 448 g/mol. The third kappa shape index (κ3) is 2.64. The Bertz CT molecular complexity index is 1720. The Kier molecular flexibility index (Phi) is 3.88. The van der Waals surface area contributed by atoms with Crippen LogP contribution in [0.25, 0.3) is 32.3 Å². The molecule has 0 aliphatic carbocycles. The Morgan fingerprint density at radius 2 is 1.29 bits per heavy atom. The van der Waals surface area contributed by atoms with Crippen LogP contribution in [0.4, 0.5) is 13.2 Å². The van der Waals surface area contributed by atoms with E-state index in [0.29, 0.717) is 5.39 Å². The molecule has 6 aromatic carbocycles. The summed E-state index contributed by atoms with van der Waals surface area (Å²) in [5.74, 6) is 1.55. The molecule has 1 aliphatic heterocycles. The lowest BCUT2D eigenvalue weighted by Gasteiger charge is -2.29. The van der Waals surface area contributed by atoms with Crippen LogP contribution in [0, 0.1) is 0 Å².